The second-order valence-electron chi connectivity index (χ2n) is 4.55. The van der Waals surface area contributed by atoms with E-state index in [9.17, 15) is 9.59 Å². The first-order valence-corrected chi connectivity index (χ1v) is 7.65. The van der Waals surface area contributed by atoms with Crippen molar-refractivity contribution in [2.45, 2.75) is 6.04 Å². The van der Waals surface area contributed by atoms with Gasteiger partial charge in [0.1, 0.15) is 10.9 Å². The summed E-state index contributed by atoms with van der Waals surface area (Å²) in [5.41, 5.74) is 0. The van der Waals surface area contributed by atoms with Gasteiger partial charge >= 0.3 is 0 Å². The zero-order valence-corrected chi connectivity index (χ0v) is 13.3. The lowest BCUT2D eigenvalue weighted by atomic mass is 10.1. The highest BCUT2D eigenvalue weighted by molar-refractivity contribution is 9.10. The van der Waals surface area contributed by atoms with Crippen LogP contribution in [0.25, 0.3) is 0 Å². The summed E-state index contributed by atoms with van der Waals surface area (Å²) in [6.45, 7) is 1.77. The minimum Gasteiger partial charge on any atom is -0.347 e. The van der Waals surface area contributed by atoms with E-state index >= 15 is 0 Å². The number of hydrogen-bond donors (Lipinski definition) is 1. The highest BCUT2D eigenvalue weighted by atomic mass is 79.9. The van der Waals surface area contributed by atoms with Crippen LogP contribution in [0.2, 0.25) is 0 Å². The zero-order chi connectivity index (χ0) is 14.0. The topological polar surface area (TPSA) is 52.7 Å². The fraction of sp³-hybridized carbons (Fsp3) is 0.500. The predicted octanol–water partition coefficient (Wildman–Crippen LogP) is 1.01. The van der Waals surface area contributed by atoms with E-state index in [0.29, 0.717) is 24.5 Å². The Hall–Kier alpha value is -0.920. The molecule has 0 radical (unpaired) electrons. The minimum absolute atomic E-state index is 0.0479. The number of amides is 2. The number of nitrogens with zero attached hydrogens (tertiary/aromatic N) is 2. The number of halogens is 1. The zero-order valence-electron chi connectivity index (χ0n) is 10.9. The molecule has 104 valence electrons. The number of rotatable bonds is 2. The van der Waals surface area contributed by atoms with Crippen LogP contribution >= 0.6 is 27.3 Å². The van der Waals surface area contributed by atoms with E-state index in [4.69, 9.17) is 0 Å². The molecule has 0 saturated carbocycles. The highest BCUT2D eigenvalue weighted by Crippen LogP contribution is 2.25. The van der Waals surface area contributed by atoms with Gasteiger partial charge in [-0.3, -0.25) is 9.59 Å². The molecule has 2 rings (SSSR count). The lowest BCUT2D eigenvalue weighted by Gasteiger charge is -2.36. The first kappa shape index (κ1) is 14.5. The lowest BCUT2D eigenvalue weighted by Crippen LogP contribution is -2.59. The first-order chi connectivity index (χ1) is 9.02. The summed E-state index contributed by atoms with van der Waals surface area (Å²) in [6.07, 6.45) is 0. The molecule has 7 heteroatoms. The molecule has 2 heterocycles. The van der Waals surface area contributed by atoms with Crippen LogP contribution in [0.15, 0.2) is 15.9 Å². The van der Waals surface area contributed by atoms with Gasteiger partial charge in [-0.25, -0.2) is 0 Å². The number of hydrogen-bond acceptors (Lipinski definition) is 4. The molecule has 0 spiro atoms. The molecule has 2 amide bonds. The molecule has 1 aliphatic heterocycles. The van der Waals surface area contributed by atoms with Crippen molar-refractivity contribution >= 4 is 39.1 Å². The molecular weight excluding hydrogens is 330 g/mol. The largest absolute Gasteiger partial charge is 0.347 e. The van der Waals surface area contributed by atoms with E-state index < -0.39 is 6.04 Å². The summed E-state index contributed by atoms with van der Waals surface area (Å²) in [6, 6.07) is 1.42. The van der Waals surface area contributed by atoms with E-state index in [0.717, 1.165) is 4.47 Å². The predicted molar refractivity (Wildman–Crippen MR) is 78.4 cm³/mol. The Balaban J connectivity index is 2.23. The Bertz CT molecular complexity index is 489. The van der Waals surface area contributed by atoms with Crippen molar-refractivity contribution in [2.75, 3.05) is 33.7 Å². The molecule has 0 aromatic carbocycles. The second-order valence-corrected chi connectivity index (χ2v) is 6.32. The van der Waals surface area contributed by atoms with E-state index in [1.807, 2.05) is 11.4 Å². The summed E-state index contributed by atoms with van der Waals surface area (Å²) in [5.74, 6) is -0.128. The van der Waals surface area contributed by atoms with Gasteiger partial charge < -0.3 is 15.1 Å². The van der Waals surface area contributed by atoms with Crippen molar-refractivity contribution < 1.29 is 9.59 Å². The molecule has 1 unspecified atom stereocenters. The number of thiophene rings is 1. The summed E-state index contributed by atoms with van der Waals surface area (Å²) in [4.78, 5) is 28.5. The van der Waals surface area contributed by atoms with Crippen molar-refractivity contribution in [3.63, 3.8) is 0 Å². The van der Waals surface area contributed by atoms with Crippen molar-refractivity contribution in [1.29, 1.82) is 0 Å². The molecule has 1 fully saturated rings. The fourth-order valence-electron chi connectivity index (χ4n) is 2.04. The van der Waals surface area contributed by atoms with Crippen LogP contribution in [0.5, 0.6) is 0 Å². The normalized spacial score (nSPS) is 19.3. The first-order valence-electron chi connectivity index (χ1n) is 5.98. The van der Waals surface area contributed by atoms with Gasteiger partial charge in [-0.05, 0) is 27.4 Å². The lowest BCUT2D eigenvalue weighted by molar-refractivity contribution is -0.134. The van der Waals surface area contributed by atoms with Crippen molar-refractivity contribution in [1.82, 2.24) is 15.1 Å². The van der Waals surface area contributed by atoms with Crippen LogP contribution in [-0.2, 0) is 4.79 Å². The quantitative estimate of drug-likeness (QED) is 0.870. The summed E-state index contributed by atoms with van der Waals surface area (Å²) in [7, 11) is 3.42. The van der Waals surface area contributed by atoms with Crippen LogP contribution in [0.3, 0.4) is 0 Å². The van der Waals surface area contributed by atoms with Gasteiger partial charge in [0.05, 0.1) is 0 Å². The maximum atomic E-state index is 12.5. The Morgan fingerprint density at radius 3 is 2.84 bits per heavy atom. The minimum atomic E-state index is -0.426. The number of carbonyl (C=O) groups is 2. The third-order valence-electron chi connectivity index (χ3n) is 3.04. The van der Waals surface area contributed by atoms with Crippen molar-refractivity contribution in [2.24, 2.45) is 0 Å². The van der Waals surface area contributed by atoms with Gasteiger partial charge in [-0.1, -0.05) is 0 Å². The van der Waals surface area contributed by atoms with Crippen LogP contribution in [0.4, 0.5) is 0 Å². The molecule has 5 nitrogen and oxygen atoms in total. The monoisotopic (exact) mass is 345 g/mol. The standard InChI is InChI=1S/C12H16BrN3O2S/c1-15(2)11(17)9-7-14-4-5-16(9)12(18)10-8(13)3-6-19-10/h3,6,9,14H,4-5,7H2,1-2H3. The molecule has 1 N–H and O–H groups in total. The maximum absolute atomic E-state index is 12.5. The summed E-state index contributed by atoms with van der Waals surface area (Å²) >= 11 is 4.76. The summed E-state index contributed by atoms with van der Waals surface area (Å²) in [5, 5.41) is 5.03. The maximum Gasteiger partial charge on any atom is 0.265 e. The molecule has 1 aromatic heterocycles. The SMILES string of the molecule is CN(C)C(=O)C1CNCCN1C(=O)c1sccc1Br. The van der Waals surface area contributed by atoms with Crippen LogP contribution in [-0.4, -0.2) is 61.4 Å². The molecule has 1 saturated heterocycles. The molecule has 1 aromatic rings. The molecule has 0 bridgehead atoms. The van der Waals surface area contributed by atoms with E-state index in [2.05, 4.69) is 21.2 Å². The fourth-order valence-corrected chi connectivity index (χ4v) is 3.54. The molecular formula is C12H16BrN3O2S. The average molecular weight is 346 g/mol. The number of nitrogens with one attached hydrogen (secondary N) is 1. The van der Waals surface area contributed by atoms with Crippen LogP contribution < -0.4 is 5.32 Å². The molecule has 0 aliphatic carbocycles. The number of carbonyl (C=O) groups excluding carboxylic acids is 2. The van der Waals surface area contributed by atoms with Gasteiger partial charge in [0, 0.05) is 38.2 Å². The van der Waals surface area contributed by atoms with Crippen molar-refractivity contribution in [3.8, 4) is 0 Å². The van der Waals surface area contributed by atoms with E-state index in [1.54, 1.807) is 19.0 Å². The van der Waals surface area contributed by atoms with Gasteiger partial charge in [-0.2, -0.15) is 0 Å². The number of piperazine rings is 1. The van der Waals surface area contributed by atoms with Gasteiger partial charge in [0.2, 0.25) is 5.91 Å². The molecule has 1 atom stereocenters. The third kappa shape index (κ3) is 2.98. The van der Waals surface area contributed by atoms with Crippen LogP contribution in [0.1, 0.15) is 9.67 Å². The molecule has 19 heavy (non-hydrogen) atoms. The van der Waals surface area contributed by atoms with Crippen LogP contribution in [0, 0.1) is 0 Å². The van der Waals surface area contributed by atoms with Gasteiger partial charge in [0.25, 0.3) is 5.91 Å². The summed E-state index contributed by atoms with van der Waals surface area (Å²) < 4.78 is 0.789. The highest BCUT2D eigenvalue weighted by Gasteiger charge is 2.34. The average Bonchev–Trinajstić information content (AvgIpc) is 2.83. The van der Waals surface area contributed by atoms with Crippen molar-refractivity contribution in [3.05, 3.63) is 20.8 Å². The second kappa shape index (κ2) is 6.02. The third-order valence-corrected chi connectivity index (χ3v) is 4.87. The van der Waals surface area contributed by atoms with Gasteiger partial charge in [0.15, 0.2) is 0 Å². The Kier molecular flexibility index (Phi) is 4.59. The smallest absolute Gasteiger partial charge is 0.265 e. The Labute approximate surface area is 124 Å². The number of likely N-dealkylation sites (N-methyl/N-ethyl adjacent to an activating group) is 1. The van der Waals surface area contributed by atoms with E-state index in [1.165, 1.54) is 16.2 Å². The Morgan fingerprint density at radius 2 is 2.26 bits per heavy atom. The Morgan fingerprint density at radius 1 is 1.53 bits per heavy atom. The molecule has 1 aliphatic rings. The van der Waals surface area contributed by atoms with E-state index in [-0.39, 0.29) is 11.8 Å². The van der Waals surface area contributed by atoms with Gasteiger partial charge in [-0.15, -0.1) is 11.3 Å².